The van der Waals surface area contributed by atoms with Crippen LogP contribution in [0.3, 0.4) is 0 Å². The summed E-state index contributed by atoms with van der Waals surface area (Å²) in [6, 6.07) is 3.65. The minimum atomic E-state index is -0.131. The predicted octanol–water partition coefficient (Wildman–Crippen LogP) is 2.36. The molecule has 2 aromatic heterocycles. The van der Waals surface area contributed by atoms with E-state index >= 15 is 0 Å². The van der Waals surface area contributed by atoms with E-state index in [2.05, 4.69) is 10.4 Å². The molecule has 1 atom stereocenters. The van der Waals surface area contributed by atoms with Crippen LogP contribution in [0.1, 0.15) is 41.4 Å². The van der Waals surface area contributed by atoms with Crippen molar-refractivity contribution in [1.29, 1.82) is 0 Å². The lowest BCUT2D eigenvalue weighted by Crippen LogP contribution is -2.28. The number of carbonyl (C=O) groups excluding carboxylic acids is 1. The molecule has 0 aromatic carbocycles. The van der Waals surface area contributed by atoms with E-state index in [1.807, 2.05) is 46.9 Å². The molecule has 5 nitrogen and oxygen atoms in total. The van der Waals surface area contributed by atoms with Crippen molar-refractivity contribution in [1.82, 2.24) is 15.1 Å². The third-order valence-electron chi connectivity index (χ3n) is 3.56. The van der Waals surface area contributed by atoms with Gasteiger partial charge in [0.1, 0.15) is 11.5 Å². The first-order chi connectivity index (χ1) is 9.38. The van der Waals surface area contributed by atoms with Gasteiger partial charge in [-0.25, -0.2) is 0 Å². The van der Waals surface area contributed by atoms with E-state index in [0.717, 1.165) is 28.5 Å². The number of aryl methyl sites for hydroxylation is 3. The Bertz CT molecular complexity index is 625. The molecule has 1 amide bonds. The molecule has 2 heterocycles. The second-order valence-corrected chi connectivity index (χ2v) is 5.19. The van der Waals surface area contributed by atoms with Crippen LogP contribution in [-0.2, 0) is 18.3 Å². The molecule has 108 valence electrons. The van der Waals surface area contributed by atoms with E-state index in [1.165, 1.54) is 0 Å². The maximum atomic E-state index is 12.1. The van der Waals surface area contributed by atoms with Gasteiger partial charge in [-0.1, -0.05) is 0 Å². The van der Waals surface area contributed by atoms with Crippen molar-refractivity contribution in [2.45, 2.75) is 40.2 Å². The summed E-state index contributed by atoms with van der Waals surface area (Å²) in [6.07, 6.45) is 0.343. The normalized spacial score (nSPS) is 12.4. The Morgan fingerprint density at radius 3 is 2.60 bits per heavy atom. The molecule has 0 aliphatic carbocycles. The van der Waals surface area contributed by atoms with Crippen LogP contribution >= 0.6 is 0 Å². The summed E-state index contributed by atoms with van der Waals surface area (Å²) in [6.45, 7) is 7.70. The van der Waals surface area contributed by atoms with Crippen molar-refractivity contribution in [2.24, 2.45) is 7.05 Å². The fourth-order valence-electron chi connectivity index (χ4n) is 2.28. The minimum absolute atomic E-state index is 0.0225. The van der Waals surface area contributed by atoms with E-state index in [-0.39, 0.29) is 11.9 Å². The van der Waals surface area contributed by atoms with Gasteiger partial charge in [0, 0.05) is 18.3 Å². The monoisotopic (exact) mass is 275 g/mol. The molecular formula is C15H21N3O2. The smallest absolute Gasteiger partial charge is 0.225 e. The number of furan rings is 1. The van der Waals surface area contributed by atoms with Crippen molar-refractivity contribution in [2.75, 3.05) is 0 Å². The summed E-state index contributed by atoms with van der Waals surface area (Å²) in [5.41, 5.74) is 2.92. The average Bonchev–Trinajstić information content (AvgIpc) is 2.89. The van der Waals surface area contributed by atoms with Gasteiger partial charge >= 0.3 is 0 Å². The highest BCUT2D eigenvalue weighted by Gasteiger charge is 2.16. The Morgan fingerprint density at radius 1 is 1.40 bits per heavy atom. The molecule has 0 aliphatic rings. The van der Waals surface area contributed by atoms with Crippen molar-refractivity contribution in [3.8, 4) is 0 Å². The largest absolute Gasteiger partial charge is 0.464 e. The molecule has 5 heteroatoms. The molecule has 0 fully saturated rings. The molecule has 0 spiro atoms. The van der Waals surface area contributed by atoms with Crippen molar-refractivity contribution < 1.29 is 9.21 Å². The fourth-order valence-corrected chi connectivity index (χ4v) is 2.28. The fraction of sp³-hybridized carbons (Fsp3) is 0.467. The SMILES string of the molecule is Cc1ccc([C@H](C)NC(=O)Cc2c(C)nn(C)c2C)o1. The second kappa shape index (κ2) is 5.53. The van der Waals surface area contributed by atoms with Crippen LogP contribution in [-0.4, -0.2) is 15.7 Å². The number of aromatic nitrogens is 2. The third-order valence-corrected chi connectivity index (χ3v) is 3.56. The zero-order chi connectivity index (χ0) is 14.9. The van der Waals surface area contributed by atoms with Crippen LogP contribution in [0.25, 0.3) is 0 Å². The van der Waals surface area contributed by atoms with Crippen molar-refractivity contribution >= 4 is 5.91 Å². The number of hydrogen-bond donors (Lipinski definition) is 1. The van der Waals surface area contributed by atoms with Gasteiger partial charge in [0.05, 0.1) is 18.2 Å². The van der Waals surface area contributed by atoms with Gasteiger partial charge in [0.15, 0.2) is 0 Å². The van der Waals surface area contributed by atoms with E-state index in [1.54, 1.807) is 4.68 Å². The standard InChI is InChI=1S/C15H21N3O2/c1-9-6-7-14(20-9)11(3)16-15(19)8-13-10(2)17-18(5)12(13)4/h6-7,11H,8H2,1-5H3,(H,16,19)/t11-/m0/s1. The number of hydrogen-bond acceptors (Lipinski definition) is 3. The van der Waals surface area contributed by atoms with Gasteiger partial charge in [-0.05, 0) is 39.8 Å². The number of nitrogens with one attached hydrogen (secondary N) is 1. The first-order valence-electron chi connectivity index (χ1n) is 6.73. The highest BCUT2D eigenvalue weighted by atomic mass is 16.3. The van der Waals surface area contributed by atoms with E-state index in [0.29, 0.717) is 6.42 Å². The summed E-state index contributed by atoms with van der Waals surface area (Å²) in [5.74, 6) is 1.60. The van der Waals surface area contributed by atoms with Gasteiger partial charge in [0.2, 0.25) is 5.91 Å². The number of nitrogens with zero attached hydrogens (tertiary/aromatic N) is 2. The van der Waals surface area contributed by atoms with Gasteiger partial charge in [-0.15, -0.1) is 0 Å². The van der Waals surface area contributed by atoms with Crippen molar-refractivity contribution in [3.63, 3.8) is 0 Å². The lowest BCUT2D eigenvalue weighted by Gasteiger charge is -2.11. The molecule has 0 unspecified atom stereocenters. The first-order valence-corrected chi connectivity index (χ1v) is 6.73. The molecule has 1 N–H and O–H groups in total. The Kier molecular flexibility index (Phi) is 3.97. The van der Waals surface area contributed by atoms with Gasteiger partial charge in [-0.3, -0.25) is 9.48 Å². The molecule has 0 saturated heterocycles. The molecule has 0 radical (unpaired) electrons. The van der Waals surface area contributed by atoms with Crippen LogP contribution < -0.4 is 5.32 Å². The van der Waals surface area contributed by atoms with Gasteiger partial charge < -0.3 is 9.73 Å². The summed E-state index contributed by atoms with van der Waals surface area (Å²) in [5, 5.41) is 7.27. The zero-order valence-corrected chi connectivity index (χ0v) is 12.7. The highest BCUT2D eigenvalue weighted by Crippen LogP contribution is 2.17. The third kappa shape index (κ3) is 2.92. The molecule has 0 aliphatic heterocycles. The number of amides is 1. The minimum Gasteiger partial charge on any atom is -0.464 e. The van der Waals surface area contributed by atoms with Crippen LogP contribution in [0, 0.1) is 20.8 Å². The van der Waals surface area contributed by atoms with Gasteiger partial charge in [0.25, 0.3) is 0 Å². The van der Waals surface area contributed by atoms with Crippen LogP contribution in [0.15, 0.2) is 16.5 Å². The molecule has 20 heavy (non-hydrogen) atoms. The van der Waals surface area contributed by atoms with Crippen LogP contribution in [0.5, 0.6) is 0 Å². The van der Waals surface area contributed by atoms with Crippen LogP contribution in [0.2, 0.25) is 0 Å². The van der Waals surface area contributed by atoms with Gasteiger partial charge in [-0.2, -0.15) is 5.10 Å². The van der Waals surface area contributed by atoms with E-state index < -0.39 is 0 Å². The highest BCUT2D eigenvalue weighted by molar-refractivity contribution is 5.79. The topological polar surface area (TPSA) is 60.1 Å². The summed E-state index contributed by atoms with van der Waals surface area (Å²) >= 11 is 0. The Balaban J connectivity index is 2.02. The maximum absolute atomic E-state index is 12.1. The molecule has 2 rings (SSSR count). The zero-order valence-electron chi connectivity index (χ0n) is 12.7. The number of rotatable bonds is 4. The first kappa shape index (κ1) is 14.4. The Hall–Kier alpha value is -2.04. The van der Waals surface area contributed by atoms with Crippen LogP contribution in [0.4, 0.5) is 0 Å². The lowest BCUT2D eigenvalue weighted by atomic mass is 10.1. The summed E-state index contributed by atoms with van der Waals surface area (Å²) in [7, 11) is 1.89. The average molecular weight is 275 g/mol. The maximum Gasteiger partial charge on any atom is 0.225 e. The lowest BCUT2D eigenvalue weighted by molar-refractivity contribution is -0.121. The number of carbonyl (C=O) groups is 1. The summed E-state index contributed by atoms with van der Waals surface area (Å²) < 4.78 is 7.32. The van der Waals surface area contributed by atoms with E-state index in [9.17, 15) is 4.79 Å². The van der Waals surface area contributed by atoms with E-state index in [4.69, 9.17) is 4.42 Å². The molecule has 0 bridgehead atoms. The Morgan fingerprint density at radius 2 is 2.10 bits per heavy atom. The summed E-state index contributed by atoms with van der Waals surface area (Å²) in [4.78, 5) is 12.1. The quantitative estimate of drug-likeness (QED) is 0.931. The molecular weight excluding hydrogens is 254 g/mol. The predicted molar refractivity (Wildman–Crippen MR) is 76.4 cm³/mol. The van der Waals surface area contributed by atoms with Crippen molar-refractivity contribution in [3.05, 3.63) is 40.6 Å². The Labute approximate surface area is 119 Å². The molecule has 2 aromatic rings. The second-order valence-electron chi connectivity index (χ2n) is 5.19. The molecule has 0 saturated carbocycles.